The van der Waals surface area contributed by atoms with Gasteiger partial charge in [0.05, 0.1) is 5.69 Å². The molecular weight excluding hydrogens is 209 g/mol. The van der Waals surface area contributed by atoms with Crippen LogP contribution in [0.15, 0.2) is 18.5 Å². The van der Waals surface area contributed by atoms with E-state index in [0.717, 1.165) is 0 Å². The van der Waals surface area contributed by atoms with Crippen molar-refractivity contribution in [1.82, 2.24) is 14.6 Å². The van der Waals surface area contributed by atoms with Gasteiger partial charge in [-0.15, -0.1) is 0 Å². The number of rotatable bonds is 2. The van der Waals surface area contributed by atoms with Crippen molar-refractivity contribution < 1.29 is 15.2 Å². The molecule has 0 aliphatic heterocycles. The predicted molar refractivity (Wildman–Crippen MR) is 58.1 cm³/mol. The molecule has 0 aliphatic carbocycles. The summed E-state index contributed by atoms with van der Waals surface area (Å²) in [6.07, 6.45) is 1.30. The Bertz CT molecular complexity index is 518. The highest BCUT2D eigenvalue weighted by Crippen LogP contribution is 2.18. The van der Waals surface area contributed by atoms with Crippen molar-refractivity contribution in [3.05, 3.63) is 24.2 Å². The summed E-state index contributed by atoms with van der Waals surface area (Å²) in [6, 6.07) is 3.11. The lowest BCUT2D eigenvalue weighted by Gasteiger charge is -2.19. The molecule has 0 spiro atoms. The number of hydrogen-bond donors (Lipinski definition) is 3. The van der Waals surface area contributed by atoms with E-state index in [-0.39, 0.29) is 5.46 Å². The molecule has 6 nitrogen and oxygen atoms in total. The third kappa shape index (κ3) is 1.69. The molecule has 0 saturated carbocycles. The topological polar surface area (TPSA) is 90.9 Å². The third-order valence-corrected chi connectivity index (χ3v) is 2.36. The second-order valence-electron chi connectivity index (χ2n) is 4.10. The van der Waals surface area contributed by atoms with Crippen LogP contribution in [0.2, 0.25) is 0 Å². The van der Waals surface area contributed by atoms with Crippen LogP contribution in [0.3, 0.4) is 0 Å². The van der Waals surface area contributed by atoms with E-state index in [1.54, 1.807) is 19.9 Å². The maximum Gasteiger partial charge on any atom is 0.492 e. The zero-order chi connectivity index (χ0) is 11.9. The van der Waals surface area contributed by atoms with E-state index in [1.807, 2.05) is 0 Å². The average molecular weight is 221 g/mol. The molecule has 0 aromatic carbocycles. The van der Waals surface area contributed by atoms with Gasteiger partial charge in [0.15, 0.2) is 5.65 Å². The van der Waals surface area contributed by atoms with Gasteiger partial charge >= 0.3 is 7.12 Å². The van der Waals surface area contributed by atoms with Gasteiger partial charge in [-0.2, -0.15) is 5.10 Å². The first-order valence-electron chi connectivity index (χ1n) is 4.83. The minimum absolute atomic E-state index is 0.255. The van der Waals surface area contributed by atoms with Crippen LogP contribution in [0, 0.1) is 0 Å². The van der Waals surface area contributed by atoms with Gasteiger partial charge in [-0.1, -0.05) is 6.07 Å². The molecule has 0 saturated heterocycles. The van der Waals surface area contributed by atoms with E-state index in [1.165, 1.54) is 16.9 Å². The Hall–Kier alpha value is -1.44. The maximum atomic E-state index is 9.92. The fraction of sp³-hybridized carbons (Fsp3) is 0.333. The van der Waals surface area contributed by atoms with Gasteiger partial charge in [-0.05, 0) is 19.9 Å². The number of aliphatic hydroxyl groups is 1. The van der Waals surface area contributed by atoms with Gasteiger partial charge in [0.25, 0.3) is 0 Å². The molecule has 16 heavy (non-hydrogen) atoms. The summed E-state index contributed by atoms with van der Waals surface area (Å²) < 4.78 is 1.40. The first kappa shape index (κ1) is 11.1. The molecule has 0 atom stereocenters. The summed E-state index contributed by atoms with van der Waals surface area (Å²) >= 11 is 0. The van der Waals surface area contributed by atoms with Crippen LogP contribution in [0.5, 0.6) is 0 Å². The largest absolute Gasteiger partial charge is 0.492 e. The molecule has 0 unspecified atom stereocenters. The summed E-state index contributed by atoms with van der Waals surface area (Å²) in [5.41, 5.74) is 0.0368. The minimum atomic E-state index is -1.61. The smallest absolute Gasteiger partial charge is 0.423 e. The molecule has 0 amide bonds. The molecule has 3 N–H and O–H groups in total. The first-order valence-corrected chi connectivity index (χ1v) is 4.83. The molecule has 0 bridgehead atoms. The number of aromatic nitrogens is 3. The Morgan fingerprint density at radius 3 is 2.56 bits per heavy atom. The predicted octanol–water partition coefficient (Wildman–Crippen LogP) is -1.36. The first-order chi connectivity index (χ1) is 7.41. The van der Waals surface area contributed by atoms with Crippen LogP contribution in [0.25, 0.3) is 5.65 Å². The molecule has 0 radical (unpaired) electrons. The molecular formula is C9H12BN3O3. The summed E-state index contributed by atoms with van der Waals surface area (Å²) in [5.74, 6) is 0. The van der Waals surface area contributed by atoms with E-state index in [0.29, 0.717) is 11.3 Å². The molecule has 2 heterocycles. The second kappa shape index (κ2) is 3.55. The number of hydrogen-bond acceptors (Lipinski definition) is 5. The van der Waals surface area contributed by atoms with Crippen molar-refractivity contribution in [3.63, 3.8) is 0 Å². The normalized spacial score (nSPS) is 12.1. The van der Waals surface area contributed by atoms with E-state index in [2.05, 4.69) is 10.1 Å². The third-order valence-electron chi connectivity index (χ3n) is 2.36. The van der Waals surface area contributed by atoms with Crippen LogP contribution in [-0.2, 0) is 5.60 Å². The standard InChI is InChI=1S/C9H12BN3O3/c1-9(2,14)7-4-3-6(10(15)16)8-11-5-12-13(7)8/h3-5,14-16H,1-2H3. The Labute approximate surface area is 92.3 Å². The summed E-state index contributed by atoms with van der Waals surface area (Å²) in [4.78, 5) is 3.93. The Morgan fingerprint density at radius 1 is 1.31 bits per heavy atom. The van der Waals surface area contributed by atoms with E-state index in [4.69, 9.17) is 10.0 Å². The lowest BCUT2D eigenvalue weighted by atomic mass is 9.80. The van der Waals surface area contributed by atoms with Crippen molar-refractivity contribution in [2.75, 3.05) is 0 Å². The summed E-state index contributed by atoms with van der Waals surface area (Å²) in [6.45, 7) is 3.25. The van der Waals surface area contributed by atoms with Gasteiger partial charge in [-0.3, -0.25) is 0 Å². The van der Waals surface area contributed by atoms with E-state index >= 15 is 0 Å². The quantitative estimate of drug-likeness (QED) is 0.544. The van der Waals surface area contributed by atoms with Gasteiger partial charge in [0, 0.05) is 5.46 Å². The monoisotopic (exact) mass is 221 g/mol. The van der Waals surface area contributed by atoms with Crippen molar-refractivity contribution in [2.24, 2.45) is 0 Å². The number of pyridine rings is 1. The van der Waals surface area contributed by atoms with Crippen LogP contribution in [0.1, 0.15) is 19.5 Å². The molecule has 2 aromatic rings. The molecule has 84 valence electrons. The Balaban J connectivity index is 2.74. The van der Waals surface area contributed by atoms with Crippen molar-refractivity contribution >= 4 is 18.2 Å². The van der Waals surface area contributed by atoms with E-state index < -0.39 is 12.7 Å². The SMILES string of the molecule is CC(C)(O)c1ccc(B(O)O)c2ncnn12. The second-order valence-corrected chi connectivity index (χ2v) is 4.10. The fourth-order valence-corrected chi connectivity index (χ4v) is 1.59. The van der Waals surface area contributed by atoms with Gasteiger partial charge in [0.2, 0.25) is 0 Å². The van der Waals surface area contributed by atoms with Crippen LogP contribution in [0.4, 0.5) is 0 Å². The highest BCUT2D eigenvalue weighted by atomic mass is 16.4. The lowest BCUT2D eigenvalue weighted by molar-refractivity contribution is 0.0715. The van der Waals surface area contributed by atoms with Crippen molar-refractivity contribution in [1.29, 1.82) is 0 Å². The highest BCUT2D eigenvalue weighted by Gasteiger charge is 2.24. The molecule has 0 fully saturated rings. The average Bonchev–Trinajstić information content (AvgIpc) is 2.61. The highest BCUT2D eigenvalue weighted by molar-refractivity contribution is 6.60. The summed E-state index contributed by atoms with van der Waals surface area (Å²) in [5, 5.41) is 32.2. The van der Waals surface area contributed by atoms with Gasteiger partial charge in [-0.25, -0.2) is 9.50 Å². The van der Waals surface area contributed by atoms with Gasteiger partial charge < -0.3 is 15.2 Å². The molecule has 2 rings (SSSR count). The molecule has 0 aliphatic rings. The van der Waals surface area contributed by atoms with Crippen LogP contribution >= 0.6 is 0 Å². The summed E-state index contributed by atoms with van der Waals surface area (Å²) in [7, 11) is -1.61. The lowest BCUT2D eigenvalue weighted by Crippen LogP contribution is -2.33. The van der Waals surface area contributed by atoms with Crippen molar-refractivity contribution in [3.8, 4) is 0 Å². The Kier molecular flexibility index (Phi) is 2.45. The molecule has 7 heteroatoms. The van der Waals surface area contributed by atoms with Gasteiger partial charge in [0.1, 0.15) is 11.9 Å². The zero-order valence-electron chi connectivity index (χ0n) is 8.99. The van der Waals surface area contributed by atoms with E-state index in [9.17, 15) is 5.11 Å². The van der Waals surface area contributed by atoms with Crippen molar-refractivity contribution in [2.45, 2.75) is 19.4 Å². The maximum absolute atomic E-state index is 9.92. The zero-order valence-corrected chi connectivity index (χ0v) is 8.99. The minimum Gasteiger partial charge on any atom is -0.423 e. The number of fused-ring (bicyclic) bond motifs is 1. The Morgan fingerprint density at radius 2 is 2.00 bits per heavy atom. The fourth-order valence-electron chi connectivity index (χ4n) is 1.59. The van der Waals surface area contributed by atoms with Crippen LogP contribution < -0.4 is 5.46 Å². The number of nitrogens with zero attached hydrogens (tertiary/aromatic N) is 3. The van der Waals surface area contributed by atoms with Crippen LogP contribution in [-0.4, -0.2) is 36.9 Å². The molecule has 2 aromatic heterocycles.